The molecule has 0 aliphatic heterocycles. The van der Waals surface area contributed by atoms with Crippen LogP contribution in [0.1, 0.15) is 28.8 Å². The summed E-state index contributed by atoms with van der Waals surface area (Å²) in [5, 5.41) is 4.44. The molecule has 0 bridgehead atoms. The van der Waals surface area contributed by atoms with Crippen molar-refractivity contribution >= 4 is 56.6 Å². The van der Waals surface area contributed by atoms with Gasteiger partial charge in [0.05, 0.1) is 16.0 Å². The van der Waals surface area contributed by atoms with Crippen LogP contribution in [0.4, 0.5) is 24.8 Å². The smallest absolute Gasteiger partial charge is 0.323 e. The van der Waals surface area contributed by atoms with Gasteiger partial charge in [0.15, 0.2) is 5.16 Å². The highest BCUT2D eigenvalue weighted by Gasteiger charge is 2.31. The highest BCUT2D eigenvalue weighted by Crippen LogP contribution is 2.41. The SMILES string of the molecule is CSc1nc(Nc2ncc(C(F)(F)F)cc2Cl)c2c3c(sc2n1)CCCC3. The monoisotopic (exact) mass is 430 g/mol. The first-order valence-corrected chi connectivity index (χ1v) is 10.6. The molecule has 4 rings (SSSR count). The van der Waals surface area contributed by atoms with Crippen LogP contribution in [-0.2, 0) is 19.0 Å². The number of hydrogen-bond acceptors (Lipinski definition) is 6. The zero-order valence-corrected chi connectivity index (χ0v) is 16.5. The van der Waals surface area contributed by atoms with E-state index in [-0.39, 0.29) is 10.8 Å². The first-order chi connectivity index (χ1) is 12.9. The lowest BCUT2D eigenvalue weighted by atomic mass is 9.97. The molecule has 142 valence electrons. The second kappa shape index (κ2) is 7.10. The number of halogens is 4. The first kappa shape index (κ1) is 18.8. The Balaban J connectivity index is 1.80. The van der Waals surface area contributed by atoms with Gasteiger partial charge in [-0.3, -0.25) is 0 Å². The molecule has 0 fully saturated rings. The van der Waals surface area contributed by atoms with E-state index in [1.54, 1.807) is 11.3 Å². The number of thioether (sulfide) groups is 1. The van der Waals surface area contributed by atoms with Gasteiger partial charge in [0.1, 0.15) is 16.5 Å². The maximum Gasteiger partial charge on any atom is 0.417 e. The molecule has 4 nitrogen and oxygen atoms in total. The molecular weight excluding hydrogens is 417 g/mol. The zero-order chi connectivity index (χ0) is 19.2. The third-order valence-corrected chi connectivity index (χ3v) is 6.40. The van der Waals surface area contributed by atoms with Crippen molar-refractivity contribution in [1.29, 1.82) is 0 Å². The quantitative estimate of drug-likeness (QED) is 0.401. The second-order valence-electron chi connectivity index (χ2n) is 6.13. The first-order valence-electron chi connectivity index (χ1n) is 8.23. The van der Waals surface area contributed by atoms with Crippen LogP contribution in [0.2, 0.25) is 5.02 Å². The molecule has 0 amide bonds. The Morgan fingerprint density at radius 3 is 2.67 bits per heavy atom. The highest BCUT2D eigenvalue weighted by atomic mass is 35.5. The molecular formula is C17H14ClF3N4S2. The van der Waals surface area contributed by atoms with Crippen molar-refractivity contribution in [3.8, 4) is 0 Å². The van der Waals surface area contributed by atoms with Crippen LogP contribution in [0.5, 0.6) is 0 Å². The molecule has 0 radical (unpaired) electrons. The Hall–Kier alpha value is -1.58. The highest BCUT2D eigenvalue weighted by molar-refractivity contribution is 7.98. The summed E-state index contributed by atoms with van der Waals surface area (Å²) in [5.41, 5.74) is 0.336. The third-order valence-electron chi connectivity index (χ3n) is 4.38. The molecule has 0 atom stereocenters. The Kier molecular flexibility index (Phi) is 4.94. The molecule has 0 aromatic carbocycles. The Labute approximate surface area is 166 Å². The molecule has 1 aliphatic rings. The van der Waals surface area contributed by atoms with Crippen molar-refractivity contribution in [1.82, 2.24) is 15.0 Å². The summed E-state index contributed by atoms with van der Waals surface area (Å²) in [6, 6.07) is 0.869. The average molecular weight is 431 g/mol. The van der Waals surface area contributed by atoms with Crippen molar-refractivity contribution in [3.63, 3.8) is 0 Å². The van der Waals surface area contributed by atoms with Gasteiger partial charge in [0.2, 0.25) is 0 Å². The van der Waals surface area contributed by atoms with E-state index in [1.165, 1.54) is 22.2 Å². The fraction of sp³-hybridized carbons (Fsp3) is 0.353. The van der Waals surface area contributed by atoms with Crippen LogP contribution < -0.4 is 5.32 Å². The van der Waals surface area contributed by atoms with Crippen molar-refractivity contribution < 1.29 is 13.2 Å². The number of anilines is 2. The number of pyridine rings is 1. The van der Waals surface area contributed by atoms with Gasteiger partial charge in [-0.15, -0.1) is 11.3 Å². The van der Waals surface area contributed by atoms with E-state index in [2.05, 4.69) is 20.3 Å². The van der Waals surface area contributed by atoms with E-state index < -0.39 is 11.7 Å². The molecule has 0 saturated carbocycles. The molecule has 10 heteroatoms. The minimum absolute atomic E-state index is 0.105. The molecule has 0 spiro atoms. The topological polar surface area (TPSA) is 50.7 Å². The van der Waals surface area contributed by atoms with E-state index in [0.717, 1.165) is 48.2 Å². The minimum Gasteiger partial charge on any atom is -0.323 e. The Morgan fingerprint density at radius 1 is 1.19 bits per heavy atom. The van der Waals surface area contributed by atoms with Crippen LogP contribution in [0.25, 0.3) is 10.2 Å². The summed E-state index contributed by atoms with van der Waals surface area (Å²) >= 11 is 9.12. The van der Waals surface area contributed by atoms with Gasteiger partial charge in [0, 0.05) is 11.1 Å². The van der Waals surface area contributed by atoms with E-state index >= 15 is 0 Å². The summed E-state index contributed by atoms with van der Waals surface area (Å²) in [7, 11) is 0. The molecule has 0 saturated heterocycles. The van der Waals surface area contributed by atoms with Gasteiger partial charge in [-0.05, 0) is 43.6 Å². The Bertz CT molecular complexity index is 1020. The molecule has 3 aromatic heterocycles. The van der Waals surface area contributed by atoms with Gasteiger partial charge in [-0.25, -0.2) is 15.0 Å². The number of fused-ring (bicyclic) bond motifs is 3. The van der Waals surface area contributed by atoms with Gasteiger partial charge < -0.3 is 5.32 Å². The summed E-state index contributed by atoms with van der Waals surface area (Å²) in [6.45, 7) is 0. The third kappa shape index (κ3) is 3.60. The van der Waals surface area contributed by atoms with E-state index in [0.29, 0.717) is 11.0 Å². The predicted octanol–water partition coefficient (Wildman–Crippen LogP) is 6.10. The summed E-state index contributed by atoms with van der Waals surface area (Å²) < 4.78 is 38.5. The van der Waals surface area contributed by atoms with Crippen molar-refractivity contribution in [3.05, 3.63) is 33.3 Å². The van der Waals surface area contributed by atoms with Gasteiger partial charge in [0.25, 0.3) is 0 Å². The lowest BCUT2D eigenvalue weighted by Crippen LogP contribution is -2.07. The van der Waals surface area contributed by atoms with Gasteiger partial charge >= 0.3 is 6.18 Å². The van der Waals surface area contributed by atoms with E-state index in [1.807, 2.05) is 6.26 Å². The second-order valence-corrected chi connectivity index (χ2v) is 8.39. The molecule has 0 unspecified atom stereocenters. The van der Waals surface area contributed by atoms with Crippen LogP contribution in [0.15, 0.2) is 17.4 Å². The number of nitrogens with zero attached hydrogens (tertiary/aromatic N) is 3. The lowest BCUT2D eigenvalue weighted by molar-refractivity contribution is -0.137. The van der Waals surface area contributed by atoms with E-state index in [9.17, 15) is 13.2 Å². The van der Waals surface area contributed by atoms with Crippen molar-refractivity contribution in [2.45, 2.75) is 37.0 Å². The Morgan fingerprint density at radius 2 is 1.96 bits per heavy atom. The largest absolute Gasteiger partial charge is 0.417 e. The maximum absolute atomic E-state index is 12.8. The number of nitrogens with one attached hydrogen (secondary N) is 1. The molecule has 27 heavy (non-hydrogen) atoms. The number of aromatic nitrogens is 3. The molecule has 1 aliphatic carbocycles. The maximum atomic E-state index is 12.8. The van der Waals surface area contributed by atoms with Gasteiger partial charge in [-0.1, -0.05) is 23.4 Å². The van der Waals surface area contributed by atoms with Gasteiger partial charge in [-0.2, -0.15) is 13.2 Å². The number of rotatable bonds is 3. The summed E-state index contributed by atoms with van der Waals surface area (Å²) in [5.74, 6) is 0.686. The lowest BCUT2D eigenvalue weighted by Gasteiger charge is -2.14. The fourth-order valence-electron chi connectivity index (χ4n) is 3.12. The van der Waals surface area contributed by atoms with Crippen LogP contribution in [-0.4, -0.2) is 21.2 Å². The summed E-state index contributed by atoms with van der Waals surface area (Å²) in [6.07, 6.45) is 2.37. The van der Waals surface area contributed by atoms with Crippen LogP contribution in [0, 0.1) is 0 Å². The number of aryl methyl sites for hydroxylation is 2. The van der Waals surface area contributed by atoms with E-state index in [4.69, 9.17) is 11.6 Å². The molecule has 1 N–H and O–H groups in total. The average Bonchev–Trinajstić information content (AvgIpc) is 3.01. The molecule has 3 heterocycles. The summed E-state index contributed by atoms with van der Waals surface area (Å²) in [4.78, 5) is 15.2. The van der Waals surface area contributed by atoms with Crippen molar-refractivity contribution in [2.75, 3.05) is 11.6 Å². The predicted molar refractivity (Wildman–Crippen MR) is 103 cm³/mol. The molecule has 3 aromatic rings. The number of thiophene rings is 1. The number of hydrogen-bond donors (Lipinski definition) is 1. The van der Waals surface area contributed by atoms with Crippen LogP contribution >= 0.6 is 34.7 Å². The fourth-order valence-corrected chi connectivity index (χ4v) is 5.01. The van der Waals surface area contributed by atoms with Crippen LogP contribution in [0.3, 0.4) is 0 Å². The minimum atomic E-state index is -4.49. The zero-order valence-electron chi connectivity index (χ0n) is 14.2. The normalized spacial score (nSPS) is 14.4. The van der Waals surface area contributed by atoms with Crippen molar-refractivity contribution in [2.24, 2.45) is 0 Å². The standard InChI is InChI=1S/C17H14ClF3N4S2/c1-26-16-24-14(12-9-4-2-3-5-11(9)27-15(12)25-16)23-13-10(18)6-8(7-22-13)17(19,20)21/h6-7H,2-5H2,1H3,(H,22,23,24,25). The number of alkyl halides is 3.